The van der Waals surface area contributed by atoms with Gasteiger partial charge in [-0.05, 0) is 52.6 Å². The molecule has 0 bridgehead atoms. The van der Waals surface area contributed by atoms with Crippen LogP contribution in [0.15, 0.2) is 10.3 Å². The normalized spacial score (nSPS) is 14.7. The van der Waals surface area contributed by atoms with Crippen molar-refractivity contribution in [2.75, 3.05) is 0 Å². The molecule has 0 spiro atoms. The van der Waals surface area contributed by atoms with Crippen LogP contribution in [0.5, 0.6) is 0 Å². The van der Waals surface area contributed by atoms with Gasteiger partial charge in [-0.15, -0.1) is 10.3 Å². The number of oxime groups is 2. The molecular weight excluding hydrogens is 260 g/mol. The lowest BCUT2D eigenvalue weighted by Crippen LogP contribution is -2.26. The van der Waals surface area contributed by atoms with Crippen LogP contribution in [0.25, 0.3) is 0 Å². The van der Waals surface area contributed by atoms with Crippen LogP contribution in [0.4, 0.5) is 0 Å². The van der Waals surface area contributed by atoms with Crippen LogP contribution in [0.2, 0.25) is 39.3 Å². The van der Waals surface area contributed by atoms with Crippen LogP contribution in [0.1, 0.15) is 26.7 Å². The summed E-state index contributed by atoms with van der Waals surface area (Å²) in [5, 5.41) is 8.47. The third-order valence-corrected chi connectivity index (χ3v) is 3.07. The monoisotopic (exact) mass is 288 g/mol. The smallest absolute Gasteiger partial charge is 0.278 e. The highest BCUT2D eigenvalue weighted by Gasteiger charge is 2.18. The summed E-state index contributed by atoms with van der Waals surface area (Å²) in [5.41, 5.74) is 1.73. The molecule has 0 aromatic rings. The Kier molecular flexibility index (Phi) is 6.84. The molecule has 18 heavy (non-hydrogen) atoms. The van der Waals surface area contributed by atoms with Gasteiger partial charge in [0.15, 0.2) is 0 Å². The van der Waals surface area contributed by atoms with Gasteiger partial charge in [0.05, 0.1) is 5.71 Å². The topological polar surface area (TPSA) is 43.2 Å². The van der Waals surface area contributed by atoms with Gasteiger partial charge in [-0.2, -0.15) is 0 Å². The summed E-state index contributed by atoms with van der Waals surface area (Å²) in [7, 11) is -3.25. The maximum absolute atomic E-state index is 5.60. The molecule has 0 N–H and O–H groups in total. The molecule has 0 saturated carbocycles. The van der Waals surface area contributed by atoms with Crippen molar-refractivity contribution in [2.45, 2.75) is 66.0 Å². The van der Waals surface area contributed by atoms with Crippen LogP contribution < -0.4 is 0 Å². The lowest BCUT2D eigenvalue weighted by atomic mass is 10.1. The van der Waals surface area contributed by atoms with Gasteiger partial charge in [-0.1, -0.05) is 13.3 Å². The summed E-state index contributed by atoms with van der Waals surface area (Å²) in [6.07, 6.45) is 1.89. The molecule has 0 rings (SSSR count). The summed E-state index contributed by atoms with van der Waals surface area (Å²) < 4.78 is 11.2. The predicted octanol–water partition coefficient (Wildman–Crippen LogP) is 4.22. The molecule has 0 atom stereocenters. The Labute approximate surface area is 114 Å². The van der Waals surface area contributed by atoms with Crippen molar-refractivity contribution in [2.24, 2.45) is 10.3 Å². The molecule has 0 radical (unpaired) electrons. The third-order valence-electron chi connectivity index (χ3n) is 1.79. The van der Waals surface area contributed by atoms with Crippen LogP contribution >= 0.6 is 0 Å². The van der Waals surface area contributed by atoms with Gasteiger partial charge in [0.25, 0.3) is 16.6 Å². The molecular formula is C12H28N2O2Si2. The average molecular weight is 289 g/mol. The van der Waals surface area contributed by atoms with Gasteiger partial charge in [0, 0.05) is 0 Å². The van der Waals surface area contributed by atoms with E-state index < -0.39 is 16.6 Å². The van der Waals surface area contributed by atoms with E-state index in [2.05, 4.69) is 56.5 Å². The fourth-order valence-electron chi connectivity index (χ4n) is 0.980. The molecule has 0 aromatic heterocycles. The second-order valence-corrected chi connectivity index (χ2v) is 15.2. The van der Waals surface area contributed by atoms with Gasteiger partial charge < -0.3 is 9.05 Å². The molecule has 0 saturated heterocycles. The van der Waals surface area contributed by atoms with E-state index >= 15 is 0 Å². The summed E-state index contributed by atoms with van der Waals surface area (Å²) in [4.78, 5) is 0. The van der Waals surface area contributed by atoms with E-state index in [0.717, 1.165) is 24.3 Å². The molecule has 0 aliphatic heterocycles. The van der Waals surface area contributed by atoms with E-state index in [4.69, 9.17) is 9.05 Å². The van der Waals surface area contributed by atoms with E-state index in [0.29, 0.717) is 0 Å². The van der Waals surface area contributed by atoms with Gasteiger partial charge in [0.1, 0.15) is 5.71 Å². The van der Waals surface area contributed by atoms with Crippen molar-refractivity contribution in [3.8, 4) is 0 Å². The second kappa shape index (κ2) is 7.08. The Bertz CT molecular complexity index is 315. The minimum absolute atomic E-state index is 0.831. The van der Waals surface area contributed by atoms with Gasteiger partial charge in [-0.3, -0.25) is 0 Å². The van der Waals surface area contributed by atoms with Crippen LogP contribution in [-0.2, 0) is 9.05 Å². The zero-order chi connectivity index (χ0) is 14.4. The Hall–Kier alpha value is -0.626. The number of nitrogens with zero attached hydrogens (tertiary/aromatic N) is 2. The molecule has 106 valence electrons. The SMILES string of the molecule is CCCC(=NO[Si](C)(C)C)C(C)=NO[Si](C)(C)C. The standard InChI is InChI=1S/C12H28N2O2Si2/c1-9-10-12(14-16-18(6,7)8)11(2)13-15-17(3,4)5/h9-10H2,1-8H3. The zero-order valence-electron chi connectivity index (χ0n) is 13.1. The van der Waals surface area contributed by atoms with Crippen molar-refractivity contribution in [3.63, 3.8) is 0 Å². The van der Waals surface area contributed by atoms with Crippen molar-refractivity contribution < 1.29 is 9.05 Å². The number of hydrogen-bond acceptors (Lipinski definition) is 4. The van der Waals surface area contributed by atoms with Crippen LogP contribution in [0, 0.1) is 0 Å². The van der Waals surface area contributed by atoms with E-state index in [1.165, 1.54) is 0 Å². The number of rotatable bonds is 7. The minimum Gasteiger partial charge on any atom is -0.455 e. The van der Waals surface area contributed by atoms with E-state index in [1.807, 2.05) is 6.92 Å². The molecule has 0 aromatic carbocycles. The lowest BCUT2D eigenvalue weighted by molar-refractivity contribution is 0.329. The van der Waals surface area contributed by atoms with Crippen molar-refractivity contribution >= 4 is 28.1 Å². The van der Waals surface area contributed by atoms with E-state index in [-0.39, 0.29) is 0 Å². The molecule has 0 fully saturated rings. The first-order valence-electron chi connectivity index (χ1n) is 6.53. The lowest BCUT2D eigenvalue weighted by Gasteiger charge is -2.16. The van der Waals surface area contributed by atoms with E-state index in [9.17, 15) is 0 Å². The van der Waals surface area contributed by atoms with Crippen molar-refractivity contribution in [1.29, 1.82) is 0 Å². The molecule has 6 heteroatoms. The molecule has 0 amide bonds. The van der Waals surface area contributed by atoms with Crippen molar-refractivity contribution in [3.05, 3.63) is 0 Å². The molecule has 0 unspecified atom stereocenters. The zero-order valence-corrected chi connectivity index (χ0v) is 15.1. The van der Waals surface area contributed by atoms with Crippen LogP contribution in [0.3, 0.4) is 0 Å². The molecule has 0 heterocycles. The van der Waals surface area contributed by atoms with Gasteiger partial charge in [0.2, 0.25) is 0 Å². The van der Waals surface area contributed by atoms with Gasteiger partial charge >= 0.3 is 0 Å². The van der Waals surface area contributed by atoms with Gasteiger partial charge in [-0.25, -0.2) is 0 Å². The Morgan fingerprint density at radius 3 is 1.72 bits per heavy atom. The highest BCUT2D eigenvalue weighted by molar-refractivity contribution is 6.70. The Morgan fingerprint density at radius 2 is 1.33 bits per heavy atom. The first-order valence-corrected chi connectivity index (χ1v) is 13.3. The highest BCUT2D eigenvalue weighted by atomic mass is 28.4. The third kappa shape index (κ3) is 9.41. The summed E-state index contributed by atoms with van der Waals surface area (Å²) in [6, 6.07) is 0. The summed E-state index contributed by atoms with van der Waals surface area (Å²) >= 11 is 0. The molecule has 0 aliphatic carbocycles. The van der Waals surface area contributed by atoms with Crippen molar-refractivity contribution in [1.82, 2.24) is 0 Å². The predicted molar refractivity (Wildman–Crippen MR) is 84.3 cm³/mol. The highest BCUT2D eigenvalue weighted by Crippen LogP contribution is 2.07. The summed E-state index contributed by atoms with van der Waals surface area (Å²) in [5.74, 6) is 0. The molecule has 4 nitrogen and oxygen atoms in total. The maximum Gasteiger partial charge on any atom is 0.278 e. The first-order chi connectivity index (χ1) is 8.05. The largest absolute Gasteiger partial charge is 0.455 e. The number of hydrogen-bond donors (Lipinski definition) is 0. The first kappa shape index (κ1) is 17.4. The quantitative estimate of drug-likeness (QED) is 0.400. The van der Waals surface area contributed by atoms with E-state index in [1.54, 1.807) is 0 Å². The Balaban J connectivity index is 4.78. The fraction of sp³-hybridized carbons (Fsp3) is 0.833. The minimum atomic E-state index is -1.63. The second-order valence-electron chi connectivity index (χ2n) is 6.37. The average Bonchev–Trinajstić information content (AvgIpc) is 2.18. The molecule has 0 aliphatic rings. The van der Waals surface area contributed by atoms with Crippen LogP contribution in [-0.4, -0.2) is 28.1 Å². The fourth-order valence-corrected chi connectivity index (χ4v) is 1.77. The Morgan fingerprint density at radius 1 is 0.889 bits per heavy atom. The maximum atomic E-state index is 5.60. The summed E-state index contributed by atoms with van der Waals surface area (Å²) in [6.45, 7) is 16.7.